The van der Waals surface area contributed by atoms with Crippen LogP contribution in [0.3, 0.4) is 0 Å². The van der Waals surface area contributed by atoms with Gasteiger partial charge in [0.2, 0.25) is 11.8 Å². The zero-order chi connectivity index (χ0) is 38.6. The van der Waals surface area contributed by atoms with Crippen LogP contribution in [-0.2, 0) is 38.9 Å². The molecule has 5 aromatic rings. The molecule has 13 nitrogen and oxygen atoms in total. The summed E-state index contributed by atoms with van der Waals surface area (Å²) >= 11 is 16.4. The summed E-state index contributed by atoms with van der Waals surface area (Å²) in [6.45, 7) is 2.93. The van der Waals surface area contributed by atoms with E-state index in [4.69, 9.17) is 9.47 Å². The number of ether oxygens (including phenoxy) is 2. The topological polar surface area (TPSA) is 173 Å². The number of carbonyl (C=O) groups is 3. The molecular weight excluding hydrogens is 1100 g/mol. The van der Waals surface area contributed by atoms with E-state index >= 15 is 0 Å². The standard InChI is InChI=1S/C11H12N2O2.C7H3Br3N2O.C7H6N2O.C7H6N2.C4H8Br2O.BrH/c14-10-11(2-5-15-6-3-11)8-7-12-4-1-9(8)13-10;8-4-2-11-1-3-5(4)12-6(13)7(3,9)10;10-7-3-5-4-8-2-1-6(5)9-7;1-4-9-7-2-3-8-5-6(1)7;5-1-3-7-4-2-6;/h1,4,7H,2-3,5-6H2,(H,13,14);1-2H,(H,12,13);1-2,4H,3H2,(H,9,10);1-5,9H;1-4H2;1H. The normalized spacial score (nSPS) is 16.0. The van der Waals surface area contributed by atoms with Crippen LogP contribution in [0.25, 0.3) is 10.9 Å². The number of halogens is 6. The molecule has 1 spiro atoms. The number of rotatable bonds is 4. The molecule has 0 aromatic carbocycles. The summed E-state index contributed by atoms with van der Waals surface area (Å²) in [5, 5.41) is 11.4. The van der Waals surface area contributed by atoms with E-state index in [-0.39, 0.29) is 40.1 Å². The highest BCUT2D eigenvalue weighted by molar-refractivity contribution is 9.25. The van der Waals surface area contributed by atoms with Crippen LogP contribution in [-0.4, -0.2) is 79.7 Å². The molecule has 0 bridgehead atoms. The lowest BCUT2D eigenvalue weighted by atomic mass is 9.76. The lowest BCUT2D eigenvalue weighted by Crippen LogP contribution is -2.40. The Balaban J connectivity index is 0.000000156. The summed E-state index contributed by atoms with van der Waals surface area (Å²) in [5.74, 6) is 0.0213. The number of nitrogens with one attached hydrogen (secondary N) is 4. The van der Waals surface area contributed by atoms with Crippen molar-refractivity contribution < 1.29 is 23.9 Å². The van der Waals surface area contributed by atoms with Crippen LogP contribution in [0.2, 0.25) is 0 Å². The molecule has 0 atom stereocenters. The summed E-state index contributed by atoms with van der Waals surface area (Å²) < 4.78 is 10.3. The summed E-state index contributed by atoms with van der Waals surface area (Å²) in [7, 11) is 0. The third-order valence-corrected chi connectivity index (χ3v) is 11.3. The molecule has 0 unspecified atom stereocenters. The minimum Gasteiger partial charge on any atom is -0.381 e. The predicted molar refractivity (Wildman–Crippen MR) is 236 cm³/mol. The van der Waals surface area contributed by atoms with Crippen molar-refractivity contribution in [3.63, 3.8) is 0 Å². The molecule has 4 aliphatic rings. The molecule has 5 aromatic heterocycles. The number of alkyl halides is 4. The summed E-state index contributed by atoms with van der Waals surface area (Å²) in [6.07, 6.45) is 17.7. The first-order valence-corrected chi connectivity index (χ1v) is 21.2. The second-order valence-corrected chi connectivity index (χ2v) is 17.7. The molecule has 0 aliphatic carbocycles. The first-order valence-electron chi connectivity index (χ1n) is 16.6. The molecule has 292 valence electrons. The second-order valence-electron chi connectivity index (χ2n) is 11.8. The number of amides is 3. The van der Waals surface area contributed by atoms with Crippen LogP contribution in [0.15, 0.2) is 84.5 Å². The molecule has 3 amide bonds. The van der Waals surface area contributed by atoms with Crippen LogP contribution >= 0.6 is 96.6 Å². The zero-order valence-corrected chi connectivity index (χ0v) is 38.6. The van der Waals surface area contributed by atoms with Crippen LogP contribution < -0.4 is 16.0 Å². The molecule has 4 aliphatic heterocycles. The quantitative estimate of drug-likeness (QED) is 0.102. The van der Waals surface area contributed by atoms with E-state index < -0.39 is 3.23 Å². The smallest absolute Gasteiger partial charge is 0.256 e. The number of fused-ring (bicyclic) bond motifs is 5. The molecule has 4 N–H and O–H groups in total. The van der Waals surface area contributed by atoms with E-state index in [0.29, 0.717) is 19.6 Å². The lowest BCUT2D eigenvalue weighted by Gasteiger charge is -2.30. The SMILES string of the molecule is Br.BrCCOCCBr.O=C1Cc2cnccc2N1.O=C1Nc2c(Br)cncc2C1(Br)Br.O=C1Nc2ccncc2C12CCOCC2.c1cc2[nH]ccc2cn1. The monoisotopic (exact) mass is 1130 g/mol. The lowest BCUT2D eigenvalue weighted by molar-refractivity contribution is -0.124. The van der Waals surface area contributed by atoms with Crippen LogP contribution in [0.5, 0.6) is 0 Å². The maximum Gasteiger partial charge on any atom is 0.256 e. The Morgan fingerprint density at radius 2 is 1.40 bits per heavy atom. The van der Waals surface area contributed by atoms with Crippen LogP contribution in [0.1, 0.15) is 29.5 Å². The fourth-order valence-corrected chi connectivity index (χ4v) is 7.43. The van der Waals surface area contributed by atoms with Crippen molar-refractivity contribution in [1.82, 2.24) is 24.9 Å². The highest BCUT2D eigenvalue weighted by atomic mass is 79.9. The predicted octanol–water partition coefficient (Wildman–Crippen LogP) is 8.33. The van der Waals surface area contributed by atoms with Crippen molar-refractivity contribution in [3.8, 4) is 0 Å². The minimum atomic E-state index is -0.841. The maximum atomic E-state index is 12.0. The van der Waals surface area contributed by atoms with E-state index in [1.807, 2.05) is 30.6 Å². The van der Waals surface area contributed by atoms with Gasteiger partial charge in [-0.1, -0.05) is 63.7 Å². The Hall–Kier alpha value is -2.65. The average Bonchev–Trinajstić information content (AvgIpc) is 3.94. The highest BCUT2D eigenvalue weighted by Gasteiger charge is 2.47. The van der Waals surface area contributed by atoms with Gasteiger partial charge in [0.15, 0.2) is 3.23 Å². The number of pyridine rings is 4. The molecular formula is C36H36Br6N8O5. The molecule has 0 radical (unpaired) electrons. The molecule has 9 rings (SSSR count). The average molecular weight is 1140 g/mol. The van der Waals surface area contributed by atoms with Gasteiger partial charge in [0, 0.05) is 119 Å². The van der Waals surface area contributed by atoms with Gasteiger partial charge < -0.3 is 30.4 Å². The Morgan fingerprint density at radius 1 is 0.745 bits per heavy atom. The fourth-order valence-electron chi connectivity index (χ4n) is 5.74. The van der Waals surface area contributed by atoms with Gasteiger partial charge in [0.05, 0.1) is 35.2 Å². The minimum absolute atomic E-state index is 0. The number of carbonyl (C=O) groups excluding carboxylic acids is 3. The van der Waals surface area contributed by atoms with Gasteiger partial charge in [-0.05, 0) is 53.0 Å². The van der Waals surface area contributed by atoms with Crippen molar-refractivity contribution >= 4 is 142 Å². The Kier molecular flexibility index (Phi) is 17.8. The van der Waals surface area contributed by atoms with Crippen molar-refractivity contribution in [1.29, 1.82) is 0 Å². The number of aromatic nitrogens is 5. The highest BCUT2D eigenvalue weighted by Crippen LogP contribution is 2.49. The molecule has 1 saturated heterocycles. The van der Waals surface area contributed by atoms with Crippen molar-refractivity contribution in [2.45, 2.75) is 27.9 Å². The van der Waals surface area contributed by atoms with Crippen molar-refractivity contribution in [2.75, 3.05) is 53.0 Å². The number of hydrogen-bond donors (Lipinski definition) is 4. The third kappa shape index (κ3) is 11.5. The van der Waals surface area contributed by atoms with Crippen LogP contribution in [0.4, 0.5) is 17.1 Å². The van der Waals surface area contributed by atoms with Gasteiger partial charge in [-0.3, -0.25) is 34.3 Å². The van der Waals surface area contributed by atoms with Crippen LogP contribution in [0, 0.1) is 0 Å². The number of aromatic amines is 1. The molecule has 9 heterocycles. The number of H-pyrrole nitrogens is 1. The number of hydrogen-bond acceptors (Lipinski definition) is 9. The van der Waals surface area contributed by atoms with Gasteiger partial charge in [0.1, 0.15) is 0 Å². The molecule has 1 fully saturated rings. The van der Waals surface area contributed by atoms with Gasteiger partial charge in [0.25, 0.3) is 5.91 Å². The molecule has 0 saturated carbocycles. The van der Waals surface area contributed by atoms with Crippen molar-refractivity contribution in [2.24, 2.45) is 0 Å². The summed E-state index contributed by atoms with van der Waals surface area (Å²) in [6, 6.07) is 7.62. The van der Waals surface area contributed by atoms with Gasteiger partial charge in [-0.2, -0.15) is 0 Å². The van der Waals surface area contributed by atoms with E-state index in [2.05, 4.69) is 121 Å². The van der Waals surface area contributed by atoms with Crippen molar-refractivity contribution in [3.05, 3.63) is 101 Å². The Morgan fingerprint density at radius 3 is 2.07 bits per heavy atom. The van der Waals surface area contributed by atoms with E-state index in [0.717, 1.165) is 85.8 Å². The largest absolute Gasteiger partial charge is 0.381 e. The third-order valence-electron chi connectivity index (χ3n) is 8.45. The van der Waals surface area contributed by atoms with Gasteiger partial charge in [-0.25, -0.2) is 0 Å². The van der Waals surface area contributed by atoms with E-state index in [1.54, 1.807) is 49.4 Å². The summed E-state index contributed by atoms with van der Waals surface area (Å²) in [5.41, 5.74) is 6.16. The van der Waals surface area contributed by atoms with E-state index in [1.165, 1.54) is 0 Å². The van der Waals surface area contributed by atoms with Gasteiger partial charge >= 0.3 is 0 Å². The molecule has 19 heteroatoms. The second kappa shape index (κ2) is 21.8. The summed E-state index contributed by atoms with van der Waals surface area (Å²) in [4.78, 5) is 53.3. The zero-order valence-electron chi connectivity index (χ0n) is 29.0. The van der Waals surface area contributed by atoms with Gasteiger partial charge in [-0.15, -0.1) is 17.0 Å². The fraction of sp³-hybridized carbons (Fsp3) is 0.306. The van der Waals surface area contributed by atoms with E-state index in [9.17, 15) is 14.4 Å². The number of nitrogens with zero attached hydrogens (tertiary/aromatic N) is 4. The maximum absolute atomic E-state index is 12.0. The Bertz CT molecular complexity index is 2000. The first kappa shape index (κ1) is 45.1. The number of anilines is 3. The molecule has 55 heavy (non-hydrogen) atoms. The first-order chi connectivity index (χ1) is 26.1. The Labute approximate surface area is 370 Å².